The van der Waals surface area contributed by atoms with Crippen LogP contribution in [-0.4, -0.2) is 25.9 Å². The Morgan fingerprint density at radius 1 is 0.680 bits per heavy atom. The van der Waals surface area contributed by atoms with E-state index >= 15 is 0 Å². The fraction of sp³-hybridized carbons (Fsp3) is 0.875. The second-order valence-electron chi connectivity index (χ2n) is 5.87. The molecule has 0 aromatic heterocycles. The first-order valence-electron chi connectivity index (χ1n) is 8.71. The molecule has 153 valence electrons. The van der Waals surface area contributed by atoms with Gasteiger partial charge in [0.15, 0.2) is 0 Å². The van der Waals surface area contributed by atoms with Crippen molar-refractivity contribution in [3.63, 3.8) is 0 Å². The molecule has 0 aliphatic heterocycles. The molecule has 0 aliphatic carbocycles. The van der Waals surface area contributed by atoms with Crippen LogP contribution in [0.15, 0.2) is 0 Å². The van der Waals surface area contributed by atoms with E-state index in [1.807, 2.05) is 0 Å². The van der Waals surface area contributed by atoms with Crippen LogP contribution in [0.3, 0.4) is 0 Å². The SMILES string of the molecule is O=S(=O)(O)[CH-]S(=O)(=O)O.[CH2-]CCCCCCCCCCCCCC.[Mn+2]. The second-order valence-corrected chi connectivity index (χ2v) is 8.70. The van der Waals surface area contributed by atoms with Crippen LogP contribution in [-0.2, 0) is 37.3 Å². The summed E-state index contributed by atoms with van der Waals surface area (Å²) in [4.78, 5) is 0. The summed E-state index contributed by atoms with van der Waals surface area (Å²) in [7, 11) is -9.49. The zero-order valence-electron chi connectivity index (χ0n) is 15.2. The van der Waals surface area contributed by atoms with Gasteiger partial charge in [-0.05, 0) is 5.08 Å². The largest absolute Gasteiger partial charge is 2.00 e. The number of hydrogen-bond acceptors (Lipinski definition) is 4. The number of unbranched alkanes of at least 4 members (excludes halogenated alkanes) is 12. The van der Waals surface area contributed by atoms with Crippen molar-refractivity contribution in [2.24, 2.45) is 0 Å². The molecule has 0 bridgehead atoms. The quantitative estimate of drug-likeness (QED) is 0.174. The van der Waals surface area contributed by atoms with Gasteiger partial charge in [-0.25, -0.2) is 16.8 Å². The minimum atomic E-state index is -4.74. The molecular formula is C16H34MnO6S2. The normalized spacial score (nSPS) is 11.4. The predicted molar refractivity (Wildman–Crippen MR) is 98.4 cm³/mol. The van der Waals surface area contributed by atoms with E-state index in [2.05, 4.69) is 13.8 Å². The van der Waals surface area contributed by atoms with Crippen molar-refractivity contribution < 1.29 is 43.0 Å². The molecule has 9 heteroatoms. The van der Waals surface area contributed by atoms with Gasteiger partial charge in [0.1, 0.15) is 20.2 Å². The Balaban J connectivity index is -0.000000418. The summed E-state index contributed by atoms with van der Waals surface area (Å²) in [6.45, 7) is 6.15. The topological polar surface area (TPSA) is 109 Å². The van der Waals surface area contributed by atoms with E-state index < -0.39 is 25.3 Å². The van der Waals surface area contributed by atoms with Gasteiger partial charge in [0.05, 0.1) is 0 Å². The van der Waals surface area contributed by atoms with Crippen molar-refractivity contribution in [3.05, 3.63) is 12.0 Å². The molecule has 0 heterocycles. The van der Waals surface area contributed by atoms with Crippen molar-refractivity contribution in [3.8, 4) is 0 Å². The van der Waals surface area contributed by atoms with Gasteiger partial charge in [-0.1, -0.05) is 84.0 Å². The van der Waals surface area contributed by atoms with E-state index in [0.29, 0.717) is 0 Å². The minimum Gasteiger partial charge on any atom is -0.343 e. The zero-order valence-corrected chi connectivity index (χ0v) is 18.0. The van der Waals surface area contributed by atoms with Gasteiger partial charge < -0.3 is 16.0 Å². The molecule has 1 radical (unpaired) electrons. The van der Waals surface area contributed by atoms with Gasteiger partial charge in [0.2, 0.25) is 0 Å². The van der Waals surface area contributed by atoms with Crippen LogP contribution in [0.2, 0.25) is 0 Å². The molecule has 0 aliphatic rings. The van der Waals surface area contributed by atoms with Gasteiger partial charge in [0.25, 0.3) is 0 Å². The van der Waals surface area contributed by atoms with Crippen molar-refractivity contribution in [2.75, 3.05) is 0 Å². The van der Waals surface area contributed by atoms with E-state index in [-0.39, 0.29) is 17.1 Å². The number of hydrogen-bond donors (Lipinski definition) is 2. The van der Waals surface area contributed by atoms with Crippen LogP contribution in [0.1, 0.15) is 90.4 Å². The molecule has 0 unspecified atom stereocenters. The third-order valence-corrected chi connectivity index (χ3v) is 5.29. The fourth-order valence-corrected chi connectivity index (χ4v) is 3.40. The van der Waals surface area contributed by atoms with Gasteiger partial charge in [-0.3, -0.25) is 0 Å². The van der Waals surface area contributed by atoms with Crippen molar-refractivity contribution in [1.82, 2.24) is 0 Å². The van der Waals surface area contributed by atoms with Gasteiger partial charge in [0, 0.05) is 0 Å². The average molecular weight is 442 g/mol. The summed E-state index contributed by atoms with van der Waals surface area (Å²) < 4.78 is 53.9. The third-order valence-electron chi connectivity index (χ3n) is 3.35. The van der Waals surface area contributed by atoms with Crippen LogP contribution in [0.4, 0.5) is 0 Å². The van der Waals surface area contributed by atoms with E-state index in [9.17, 15) is 16.8 Å². The minimum absolute atomic E-state index is 0. The van der Waals surface area contributed by atoms with Crippen LogP contribution < -0.4 is 0 Å². The van der Waals surface area contributed by atoms with Crippen LogP contribution in [0, 0.1) is 12.0 Å². The van der Waals surface area contributed by atoms with E-state index in [4.69, 9.17) is 9.11 Å². The Morgan fingerprint density at radius 3 is 1.16 bits per heavy atom. The molecule has 0 amide bonds. The van der Waals surface area contributed by atoms with Crippen molar-refractivity contribution in [2.45, 2.75) is 90.4 Å². The summed E-state index contributed by atoms with van der Waals surface area (Å²) in [5.74, 6) is 0. The molecule has 0 rings (SSSR count). The van der Waals surface area contributed by atoms with Crippen LogP contribution in [0.5, 0.6) is 0 Å². The maximum absolute atomic E-state index is 9.61. The molecule has 0 spiro atoms. The van der Waals surface area contributed by atoms with E-state index in [1.165, 1.54) is 77.0 Å². The number of rotatable bonds is 14. The van der Waals surface area contributed by atoms with Gasteiger partial charge >= 0.3 is 17.1 Å². The molecule has 0 saturated heterocycles. The molecule has 0 atom stereocenters. The standard InChI is InChI=1S/C15H31.CH3O6S2.Mn/c1-3-5-7-9-11-13-15-14-12-10-8-6-4-2;2-8(3,4)1-9(5,6)7;/h1,3-15H2,2H3;1H,(H,2,3,4)(H,5,6,7);/q2*-1;+2. The Bertz CT molecular complexity index is 421. The van der Waals surface area contributed by atoms with Gasteiger partial charge in [-0.15, -0.1) is 0 Å². The first kappa shape index (κ1) is 30.1. The molecule has 0 aromatic carbocycles. The molecule has 0 fully saturated rings. The van der Waals surface area contributed by atoms with E-state index in [1.54, 1.807) is 0 Å². The van der Waals surface area contributed by atoms with Crippen molar-refractivity contribution in [1.29, 1.82) is 0 Å². The molecule has 6 nitrogen and oxygen atoms in total. The summed E-state index contributed by atoms with van der Waals surface area (Å²) in [5, 5.41) is -0.569. The molecule has 0 aromatic rings. The molecule has 0 saturated carbocycles. The zero-order chi connectivity index (χ0) is 18.9. The van der Waals surface area contributed by atoms with Crippen LogP contribution >= 0.6 is 0 Å². The maximum atomic E-state index is 9.61. The first-order chi connectivity index (χ1) is 11.1. The molecule has 25 heavy (non-hydrogen) atoms. The Kier molecular flexibility index (Phi) is 23.0. The first-order valence-corrected chi connectivity index (χ1v) is 11.7. The third kappa shape index (κ3) is 36.1. The smallest absolute Gasteiger partial charge is 0.343 e. The molecule has 2 N–H and O–H groups in total. The summed E-state index contributed by atoms with van der Waals surface area (Å²) >= 11 is 0. The van der Waals surface area contributed by atoms with Gasteiger partial charge in [-0.2, -0.15) is 6.42 Å². The summed E-state index contributed by atoms with van der Waals surface area (Å²) in [6, 6.07) is 0. The van der Waals surface area contributed by atoms with Crippen molar-refractivity contribution >= 4 is 20.2 Å². The monoisotopic (exact) mass is 441 g/mol. The van der Waals surface area contributed by atoms with Crippen LogP contribution in [0.25, 0.3) is 0 Å². The average Bonchev–Trinajstić information content (AvgIpc) is 2.41. The Morgan fingerprint density at radius 2 is 0.960 bits per heavy atom. The maximum Gasteiger partial charge on any atom is 2.00 e. The summed E-state index contributed by atoms with van der Waals surface area (Å²) in [6.07, 6.45) is 18.3. The molecular weight excluding hydrogens is 407 g/mol. The second kappa shape index (κ2) is 19.1. The predicted octanol–water partition coefficient (Wildman–Crippen LogP) is 4.79. The summed E-state index contributed by atoms with van der Waals surface area (Å²) in [5.41, 5.74) is 0. The fourth-order valence-electron chi connectivity index (χ4n) is 2.17. The Labute approximate surface area is 165 Å². The van der Waals surface area contributed by atoms with E-state index in [0.717, 1.165) is 6.42 Å². The Hall–Kier alpha value is 0.339.